The highest BCUT2D eigenvalue weighted by atomic mass is 19.1. The summed E-state index contributed by atoms with van der Waals surface area (Å²) in [6.07, 6.45) is 1.72. The minimum absolute atomic E-state index is 0.0866. The molecule has 0 saturated carbocycles. The Kier molecular flexibility index (Phi) is 4.04. The molecule has 3 heterocycles. The van der Waals surface area contributed by atoms with Crippen molar-refractivity contribution in [2.75, 3.05) is 31.1 Å². The van der Waals surface area contributed by atoms with Crippen LogP contribution in [0.5, 0.6) is 5.75 Å². The van der Waals surface area contributed by atoms with E-state index in [4.69, 9.17) is 0 Å². The number of halogens is 2. The maximum absolute atomic E-state index is 13.6. The van der Waals surface area contributed by atoms with Crippen LogP contribution in [0.15, 0.2) is 41.3 Å². The molecule has 1 aliphatic rings. The molecule has 0 atom stereocenters. The zero-order valence-electron chi connectivity index (χ0n) is 13.7. The summed E-state index contributed by atoms with van der Waals surface area (Å²) in [6.45, 7) is 3.44. The van der Waals surface area contributed by atoms with Crippen LogP contribution < -0.4 is 15.8 Å². The van der Waals surface area contributed by atoms with Gasteiger partial charge in [0.05, 0.1) is 11.4 Å². The van der Waals surface area contributed by atoms with Gasteiger partial charge >= 0.3 is 0 Å². The van der Waals surface area contributed by atoms with E-state index >= 15 is 0 Å². The predicted octanol–water partition coefficient (Wildman–Crippen LogP) is 1.75. The minimum Gasteiger partial charge on any atom is -0.503 e. The van der Waals surface area contributed by atoms with Crippen molar-refractivity contribution in [3.05, 3.63) is 58.5 Å². The topological polar surface area (TPSA) is 69.9 Å². The smallest absolute Gasteiger partial charge is 0.258 e. The minimum atomic E-state index is -1.10. The van der Waals surface area contributed by atoms with Crippen LogP contribution in [0.3, 0.4) is 0 Å². The van der Waals surface area contributed by atoms with Crippen LogP contribution in [0, 0.1) is 11.6 Å². The lowest BCUT2D eigenvalue weighted by Crippen LogP contribution is -2.43. The number of aromatic nitrogens is 2. The molecule has 1 aliphatic heterocycles. The molecule has 1 saturated heterocycles. The maximum Gasteiger partial charge on any atom is 0.258 e. The molecule has 2 N–H and O–H groups in total. The van der Waals surface area contributed by atoms with Gasteiger partial charge in [-0.15, -0.1) is 0 Å². The van der Waals surface area contributed by atoms with E-state index in [0.29, 0.717) is 5.65 Å². The number of pyridine rings is 1. The number of rotatable bonds is 2. The number of anilines is 1. The lowest BCUT2D eigenvalue weighted by Gasteiger charge is -2.29. The average Bonchev–Trinajstić information content (AvgIpc) is 2.66. The van der Waals surface area contributed by atoms with Crippen molar-refractivity contribution in [2.45, 2.75) is 0 Å². The largest absolute Gasteiger partial charge is 0.503 e. The molecule has 3 aromatic rings. The standard InChI is InChI=1S/C18H16F2N4O2/c19-13-7-11(8-14(20)18(13)26)15-9-17(25)24-10-12(1-2-16(24)22-15)23-5-3-21-4-6-23/h1-2,7-10,21,26H,3-6H2. The summed E-state index contributed by atoms with van der Waals surface area (Å²) in [6, 6.07) is 6.70. The Labute approximate surface area is 147 Å². The van der Waals surface area contributed by atoms with Gasteiger partial charge in [-0.1, -0.05) is 0 Å². The normalized spacial score (nSPS) is 14.8. The Hall–Kier alpha value is -3.00. The maximum atomic E-state index is 13.6. The Bertz CT molecular complexity index is 1020. The second-order valence-corrected chi connectivity index (χ2v) is 6.12. The van der Waals surface area contributed by atoms with Crippen LogP contribution >= 0.6 is 0 Å². The van der Waals surface area contributed by atoms with Crippen molar-refractivity contribution in [1.29, 1.82) is 0 Å². The Morgan fingerprint density at radius 1 is 1.08 bits per heavy atom. The van der Waals surface area contributed by atoms with Gasteiger partial charge < -0.3 is 15.3 Å². The number of benzene rings is 1. The molecule has 2 aromatic heterocycles. The van der Waals surface area contributed by atoms with Gasteiger partial charge in [0.15, 0.2) is 17.4 Å². The number of nitrogens with one attached hydrogen (secondary N) is 1. The molecule has 6 nitrogen and oxygen atoms in total. The summed E-state index contributed by atoms with van der Waals surface area (Å²) < 4.78 is 28.6. The Balaban J connectivity index is 1.79. The summed E-state index contributed by atoms with van der Waals surface area (Å²) in [4.78, 5) is 19.0. The van der Waals surface area contributed by atoms with Gasteiger partial charge in [0, 0.05) is 44.0 Å². The third-order valence-electron chi connectivity index (χ3n) is 4.44. The fourth-order valence-electron chi connectivity index (χ4n) is 3.06. The highest BCUT2D eigenvalue weighted by Gasteiger charge is 2.15. The molecule has 1 aromatic carbocycles. The van der Waals surface area contributed by atoms with Crippen LogP contribution in [0.4, 0.5) is 14.5 Å². The predicted molar refractivity (Wildman–Crippen MR) is 93.6 cm³/mol. The summed E-state index contributed by atoms with van der Waals surface area (Å²) >= 11 is 0. The van der Waals surface area contributed by atoms with Gasteiger partial charge in [-0.2, -0.15) is 0 Å². The summed E-state index contributed by atoms with van der Waals surface area (Å²) in [5.74, 6) is -3.25. The van der Waals surface area contributed by atoms with Crippen LogP contribution in [-0.2, 0) is 0 Å². The molecule has 0 bridgehead atoms. The van der Waals surface area contributed by atoms with E-state index in [9.17, 15) is 18.7 Å². The van der Waals surface area contributed by atoms with Gasteiger partial charge in [-0.3, -0.25) is 9.20 Å². The first kappa shape index (κ1) is 16.5. The monoisotopic (exact) mass is 358 g/mol. The van der Waals surface area contributed by atoms with E-state index in [1.165, 1.54) is 10.5 Å². The zero-order chi connectivity index (χ0) is 18.3. The number of phenols is 1. The van der Waals surface area contributed by atoms with Crippen LogP contribution in [0.1, 0.15) is 0 Å². The van der Waals surface area contributed by atoms with E-state index < -0.39 is 17.4 Å². The lowest BCUT2D eigenvalue weighted by molar-refractivity contribution is 0.396. The first-order valence-corrected chi connectivity index (χ1v) is 8.20. The molecule has 0 aliphatic carbocycles. The van der Waals surface area contributed by atoms with Crippen molar-refractivity contribution in [3.63, 3.8) is 0 Å². The molecule has 134 valence electrons. The molecular weight excluding hydrogens is 342 g/mol. The number of phenolic OH excluding ortho intramolecular Hbond substituents is 1. The second-order valence-electron chi connectivity index (χ2n) is 6.12. The fraction of sp³-hybridized carbons (Fsp3) is 0.222. The fourth-order valence-corrected chi connectivity index (χ4v) is 3.06. The summed E-state index contributed by atoms with van der Waals surface area (Å²) in [5, 5.41) is 12.5. The average molecular weight is 358 g/mol. The highest BCUT2D eigenvalue weighted by Crippen LogP contribution is 2.27. The zero-order valence-corrected chi connectivity index (χ0v) is 13.7. The molecule has 0 radical (unpaired) electrons. The van der Waals surface area contributed by atoms with Crippen LogP contribution in [0.2, 0.25) is 0 Å². The molecule has 0 spiro atoms. The van der Waals surface area contributed by atoms with E-state index in [-0.39, 0.29) is 16.8 Å². The summed E-state index contributed by atoms with van der Waals surface area (Å²) in [7, 11) is 0. The van der Waals surface area contributed by atoms with E-state index in [0.717, 1.165) is 44.0 Å². The Morgan fingerprint density at radius 2 is 1.77 bits per heavy atom. The van der Waals surface area contributed by atoms with Gasteiger partial charge in [0.1, 0.15) is 5.65 Å². The second kappa shape index (κ2) is 6.38. The van der Waals surface area contributed by atoms with Crippen LogP contribution in [0.25, 0.3) is 16.9 Å². The molecule has 0 amide bonds. The van der Waals surface area contributed by atoms with Crippen molar-refractivity contribution in [1.82, 2.24) is 14.7 Å². The lowest BCUT2D eigenvalue weighted by atomic mass is 10.1. The van der Waals surface area contributed by atoms with Gasteiger partial charge in [-0.05, 0) is 24.3 Å². The highest BCUT2D eigenvalue weighted by molar-refractivity contribution is 5.63. The van der Waals surface area contributed by atoms with E-state index in [1.54, 1.807) is 12.3 Å². The first-order valence-electron chi connectivity index (χ1n) is 8.20. The van der Waals surface area contributed by atoms with Crippen LogP contribution in [-0.4, -0.2) is 40.7 Å². The number of aromatic hydroxyl groups is 1. The van der Waals surface area contributed by atoms with Crippen molar-refractivity contribution in [3.8, 4) is 17.0 Å². The van der Waals surface area contributed by atoms with Crippen molar-refractivity contribution >= 4 is 11.3 Å². The van der Waals surface area contributed by atoms with E-state index in [1.807, 2.05) is 6.07 Å². The van der Waals surface area contributed by atoms with Gasteiger partial charge in [-0.25, -0.2) is 13.8 Å². The molecule has 1 fully saturated rings. The SMILES string of the molecule is O=c1cc(-c2cc(F)c(O)c(F)c2)nc2ccc(N3CCNCC3)cn12. The number of hydrogen-bond acceptors (Lipinski definition) is 5. The number of piperazine rings is 1. The number of nitrogens with zero attached hydrogens (tertiary/aromatic N) is 3. The third kappa shape index (κ3) is 2.88. The molecule has 4 rings (SSSR count). The van der Waals surface area contributed by atoms with Gasteiger partial charge in [0.25, 0.3) is 5.56 Å². The molecular formula is C18H16F2N4O2. The number of hydrogen-bond donors (Lipinski definition) is 2. The number of fused-ring (bicyclic) bond motifs is 1. The molecule has 8 heteroatoms. The van der Waals surface area contributed by atoms with Gasteiger partial charge in [0.2, 0.25) is 0 Å². The van der Waals surface area contributed by atoms with Crippen molar-refractivity contribution in [2.24, 2.45) is 0 Å². The van der Waals surface area contributed by atoms with Crippen molar-refractivity contribution < 1.29 is 13.9 Å². The first-order chi connectivity index (χ1) is 12.5. The molecule has 26 heavy (non-hydrogen) atoms. The summed E-state index contributed by atoms with van der Waals surface area (Å²) in [5.41, 5.74) is 1.17. The Morgan fingerprint density at radius 3 is 2.46 bits per heavy atom. The third-order valence-corrected chi connectivity index (χ3v) is 4.44. The molecule has 0 unspecified atom stereocenters. The quantitative estimate of drug-likeness (QED) is 0.731. The van der Waals surface area contributed by atoms with E-state index in [2.05, 4.69) is 15.2 Å².